The second-order valence-electron chi connectivity index (χ2n) is 3.71. The minimum Gasteiger partial charge on any atom is -0.366 e. The molecule has 2 atom stereocenters. The first kappa shape index (κ1) is 9.74. The first-order valence-corrected chi connectivity index (χ1v) is 5.19. The van der Waals surface area contributed by atoms with Gasteiger partial charge in [0.15, 0.2) is 0 Å². The third-order valence-electron chi connectivity index (χ3n) is 2.88. The molecule has 3 nitrogen and oxygen atoms in total. The fourth-order valence-electron chi connectivity index (χ4n) is 1.90. The summed E-state index contributed by atoms with van der Waals surface area (Å²) in [6.07, 6.45) is 4.46. The fourth-order valence-corrected chi connectivity index (χ4v) is 2.13. The Hall–Kier alpha value is -0.800. The molecule has 0 aromatic carbocycles. The molecule has 0 saturated carbocycles. The molecule has 0 bridgehead atoms. The van der Waals surface area contributed by atoms with Gasteiger partial charge in [-0.3, -0.25) is 4.98 Å². The summed E-state index contributed by atoms with van der Waals surface area (Å²) in [5.41, 5.74) is 7.00. The SMILES string of the molecule is CC1C(N)CCN1c1ccncc1Cl. The molecule has 1 saturated heterocycles. The average molecular weight is 212 g/mol. The molecule has 0 aliphatic carbocycles. The van der Waals surface area contributed by atoms with Gasteiger partial charge in [-0.05, 0) is 19.4 Å². The molecular weight excluding hydrogens is 198 g/mol. The standard InChI is InChI=1S/C10H14ClN3/c1-7-9(12)3-5-14(7)10-2-4-13-6-8(10)11/h2,4,6-7,9H,3,5,12H2,1H3. The maximum absolute atomic E-state index is 6.07. The zero-order valence-corrected chi connectivity index (χ0v) is 8.91. The van der Waals surface area contributed by atoms with Crippen LogP contribution in [0.25, 0.3) is 0 Å². The van der Waals surface area contributed by atoms with Gasteiger partial charge in [0.25, 0.3) is 0 Å². The van der Waals surface area contributed by atoms with E-state index in [2.05, 4.69) is 16.8 Å². The van der Waals surface area contributed by atoms with Gasteiger partial charge in [0.05, 0.1) is 10.7 Å². The zero-order chi connectivity index (χ0) is 10.1. The lowest BCUT2D eigenvalue weighted by atomic mass is 10.1. The van der Waals surface area contributed by atoms with Crippen molar-refractivity contribution in [3.05, 3.63) is 23.5 Å². The van der Waals surface area contributed by atoms with E-state index in [-0.39, 0.29) is 6.04 Å². The van der Waals surface area contributed by atoms with E-state index in [9.17, 15) is 0 Å². The number of hydrogen-bond acceptors (Lipinski definition) is 3. The molecule has 2 heterocycles. The lowest BCUT2D eigenvalue weighted by Crippen LogP contribution is -2.36. The molecule has 1 fully saturated rings. The number of hydrogen-bond donors (Lipinski definition) is 1. The van der Waals surface area contributed by atoms with Crippen LogP contribution in [0.3, 0.4) is 0 Å². The van der Waals surface area contributed by atoms with Gasteiger partial charge in [-0.1, -0.05) is 11.6 Å². The van der Waals surface area contributed by atoms with Gasteiger partial charge in [-0.25, -0.2) is 0 Å². The molecule has 1 aromatic heterocycles. The lowest BCUT2D eigenvalue weighted by Gasteiger charge is -2.25. The molecule has 0 amide bonds. The highest BCUT2D eigenvalue weighted by Gasteiger charge is 2.28. The largest absolute Gasteiger partial charge is 0.366 e. The Labute approximate surface area is 88.9 Å². The van der Waals surface area contributed by atoms with Gasteiger partial charge in [-0.2, -0.15) is 0 Å². The zero-order valence-electron chi connectivity index (χ0n) is 8.15. The Kier molecular flexibility index (Phi) is 2.61. The number of nitrogens with two attached hydrogens (primary N) is 1. The highest BCUT2D eigenvalue weighted by atomic mass is 35.5. The molecule has 2 unspecified atom stereocenters. The summed E-state index contributed by atoms with van der Waals surface area (Å²) < 4.78 is 0. The minimum atomic E-state index is 0.249. The van der Waals surface area contributed by atoms with E-state index >= 15 is 0 Å². The Morgan fingerprint density at radius 3 is 3.00 bits per heavy atom. The van der Waals surface area contributed by atoms with Crippen LogP contribution in [0.1, 0.15) is 13.3 Å². The smallest absolute Gasteiger partial charge is 0.0822 e. The second-order valence-corrected chi connectivity index (χ2v) is 4.12. The number of anilines is 1. The summed E-state index contributed by atoms with van der Waals surface area (Å²) in [4.78, 5) is 6.22. The van der Waals surface area contributed by atoms with Crippen molar-refractivity contribution in [2.45, 2.75) is 25.4 Å². The Bertz CT molecular complexity index is 329. The number of aromatic nitrogens is 1. The van der Waals surface area contributed by atoms with Gasteiger partial charge >= 0.3 is 0 Å². The molecule has 2 rings (SSSR count). The van der Waals surface area contributed by atoms with Crippen LogP contribution in [0.5, 0.6) is 0 Å². The Balaban J connectivity index is 2.28. The quantitative estimate of drug-likeness (QED) is 0.769. The summed E-state index contributed by atoms with van der Waals surface area (Å²) in [5.74, 6) is 0. The molecule has 14 heavy (non-hydrogen) atoms. The van der Waals surface area contributed by atoms with Crippen molar-refractivity contribution in [3.8, 4) is 0 Å². The topological polar surface area (TPSA) is 42.1 Å². The first-order valence-electron chi connectivity index (χ1n) is 4.82. The maximum atomic E-state index is 6.07. The van der Waals surface area contributed by atoms with Gasteiger partial charge in [0, 0.05) is 31.0 Å². The third kappa shape index (κ3) is 1.57. The highest BCUT2D eigenvalue weighted by Crippen LogP contribution is 2.30. The molecule has 76 valence electrons. The van der Waals surface area contributed by atoms with Crippen molar-refractivity contribution >= 4 is 17.3 Å². The van der Waals surface area contributed by atoms with Crippen LogP contribution in [0.4, 0.5) is 5.69 Å². The van der Waals surface area contributed by atoms with Crippen molar-refractivity contribution in [2.75, 3.05) is 11.4 Å². The summed E-state index contributed by atoms with van der Waals surface area (Å²) in [7, 11) is 0. The van der Waals surface area contributed by atoms with Crippen LogP contribution < -0.4 is 10.6 Å². The van der Waals surface area contributed by atoms with Crippen LogP contribution in [0.2, 0.25) is 5.02 Å². The molecule has 2 N–H and O–H groups in total. The van der Waals surface area contributed by atoms with E-state index in [0.29, 0.717) is 11.1 Å². The summed E-state index contributed by atoms with van der Waals surface area (Å²) in [6.45, 7) is 3.11. The van der Waals surface area contributed by atoms with E-state index in [1.807, 2.05) is 6.07 Å². The van der Waals surface area contributed by atoms with E-state index in [4.69, 9.17) is 17.3 Å². The van der Waals surface area contributed by atoms with Gasteiger partial charge in [-0.15, -0.1) is 0 Å². The van der Waals surface area contributed by atoms with Crippen molar-refractivity contribution in [1.29, 1.82) is 0 Å². The third-order valence-corrected chi connectivity index (χ3v) is 3.17. The van der Waals surface area contributed by atoms with Crippen molar-refractivity contribution in [3.63, 3.8) is 0 Å². The number of halogens is 1. The Morgan fingerprint density at radius 1 is 1.64 bits per heavy atom. The molecule has 1 aromatic rings. The van der Waals surface area contributed by atoms with E-state index in [0.717, 1.165) is 18.7 Å². The first-order chi connectivity index (χ1) is 6.70. The number of nitrogens with zero attached hydrogens (tertiary/aromatic N) is 2. The Morgan fingerprint density at radius 2 is 2.43 bits per heavy atom. The van der Waals surface area contributed by atoms with E-state index in [1.165, 1.54) is 0 Å². The molecule has 0 spiro atoms. The predicted octanol–water partition coefficient (Wildman–Crippen LogP) is 1.66. The van der Waals surface area contributed by atoms with Crippen LogP contribution in [0.15, 0.2) is 18.5 Å². The average Bonchev–Trinajstić information content (AvgIpc) is 2.49. The fraction of sp³-hybridized carbons (Fsp3) is 0.500. The summed E-state index contributed by atoms with van der Waals surface area (Å²) in [5, 5.41) is 0.702. The van der Waals surface area contributed by atoms with Crippen LogP contribution in [-0.2, 0) is 0 Å². The summed E-state index contributed by atoms with van der Waals surface area (Å²) >= 11 is 6.07. The second kappa shape index (κ2) is 3.75. The van der Waals surface area contributed by atoms with Crippen molar-refractivity contribution in [2.24, 2.45) is 5.73 Å². The van der Waals surface area contributed by atoms with Crippen molar-refractivity contribution in [1.82, 2.24) is 4.98 Å². The van der Waals surface area contributed by atoms with Gasteiger partial charge in [0.1, 0.15) is 0 Å². The van der Waals surface area contributed by atoms with Crippen LogP contribution in [0, 0.1) is 0 Å². The van der Waals surface area contributed by atoms with E-state index in [1.54, 1.807) is 12.4 Å². The van der Waals surface area contributed by atoms with Crippen LogP contribution >= 0.6 is 11.6 Å². The minimum absolute atomic E-state index is 0.249. The maximum Gasteiger partial charge on any atom is 0.0822 e. The van der Waals surface area contributed by atoms with Crippen LogP contribution in [-0.4, -0.2) is 23.6 Å². The van der Waals surface area contributed by atoms with Crippen molar-refractivity contribution < 1.29 is 0 Å². The molecule has 0 radical (unpaired) electrons. The monoisotopic (exact) mass is 211 g/mol. The predicted molar refractivity (Wildman–Crippen MR) is 58.6 cm³/mol. The normalized spacial score (nSPS) is 26.9. The number of rotatable bonds is 1. The molecule has 4 heteroatoms. The summed E-state index contributed by atoms with van der Waals surface area (Å²) in [6, 6.07) is 2.55. The van der Waals surface area contributed by atoms with E-state index < -0.39 is 0 Å². The lowest BCUT2D eigenvalue weighted by molar-refractivity contribution is 0.624. The number of pyridine rings is 1. The molecule has 1 aliphatic heterocycles. The highest BCUT2D eigenvalue weighted by molar-refractivity contribution is 6.33. The molecule has 1 aliphatic rings. The molecular formula is C10H14ClN3. The van der Waals surface area contributed by atoms with Gasteiger partial charge < -0.3 is 10.6 Å². The van der Waals surface area contributed by atoms with Gasteiger partial charge in [0.2, 0.25) is 0 Å².